The Morgan fingerprint density at radius 1 is 0.614 bits per heavy atom. The van der Waals surface area contributed by atoms with Crippen LogP contribution in [0.25, 0.3) is 12.2 Å². The van der Waals surface area contributed by atoms with Crippen LogP contribution in [0.5, 0.6) is 23.0 Å². The fourth-order valence-corrected chi connectivity index (χ4v) is 5.58. The third kappa shape index (κ3) is 18.7. The van der Waals surface area contributed by atoms with Gasteiger partial charge in [0.15, 0.2) is 34.6 Å². The maximum atomic E-state index is 13.0. The van der Waals surface area contributed by atoms with Crippen molar-refractivity contribution >= 4 is 71.4 Å². The number of carbonyl (C=O) groups excluding carboxylic acids is 6. The lowest BCUT2D eigenvalue weighted by atomic mass is 10.1. The number of nitrogens with one attached hydrogen (secondary N) is 2. The summed E-state index contributed by atoms with van der Waals surface area (Å²) < 4.78 is 32.5. The van der Waals surface area contributed by atoms with Crippen molar-refractivity contribution in [2.24, 2.45) is 0 Å². The lowest BCUT2D eigenvalue weighted by Crippen LogP contribution is -2.45. The molecule has 14 nitrogen and oxygen atoms in total. The minimum atomic E-state index is -0.962. The van der Waals surface area contributed by atoms with Gasteiger partial charge in [0, 0.05) is 0 Å². The van der Waals surface area contributed by atoms with Gasteiger partial charge in [0.1, 0.15) is 23.3 Å². The van der Waals surface area contributed by atoms with Gasteiger partial charge in [0.25, 0.3) is 0 Å². The number of ether oxygens (including phenoxy) is 6. The van der Waals surface area contributed by atoms with Crippen molar-refractivity contribution in [3.63, 3.8) is 0 Å². The van der Waals surface area contributed by atoms with Crippen LogP contribution in [-0.4, -0.2) is 97.2 Å². The molecule has 2 atom stereocenters. The Bertz CT molecular complexity index is 1650. The number of esters is 2. The summed E-state index contributed by atoms with van der Waals surface area (Å²) in [7, 11) is 2.79. The van der Waals surface area contributed by atoms with E-state index in [0.717, 1.165) is 0 Å². The van der Waals surface area contributed by atoms with E-state index in [-0.39, 0.29) is 23.0 Å². The van der Waals surface area contributed by atoms with E-state index >= 15 is 0 Å². The van der Waals surface area contributed by atoms with E-state index < -0.39 is 65.4 Å². The quantitative estimate of drug-likeness (QED) is 0.0599. The first-order valence-electron chi connectivity index (χ1n) is 18.0. The van der Waals surface area contributed by atoms with E-state index in [4.69, 9.17) is 28.4 Å². The zero-order chi connectivity index (χ0) is 42.8. The van der Waals surface area contributed by atoms with Crippen LogP contribution < -0.4 is 29.6 Å². The maximum absolute atomic E-state index is 13.0. The molecule has 0 aliphatic carbocycles. The molecule has 0 unspecified atom stereocenters. The number of rotatable bonds is 20. The molecule has 2 N–H and O–H groups in total. The Labute approximate surface area is 343 Å². The van der Waals surface area contributed by atoms with Gasteiger partial charge < -0.3 is 39.1 Å². The molecule has 312 valence electrons. The summed E-state index contributed by atoms with van der Waals surface area (Å²) in [4.78, 5) is 76.1. The number of ketones is 2. The summed E-state index contributed by atoms with van der Waals surface area (Å²) in [5, 5.41) is 5.14. The molecule has 0 heterocycles. The number of hydrogen-bond acceptors (Lipinski definition) is 14. The third-order valence-electron chi connectivity index (χ3n) is 7.24. The van der Waals surface area contributed by atoms with E-state index in [0.29, 0.717) is 35.5 Å². The lowest BCUT2D eigenvalue weighted by molar-refractivity contribution is -0.137. The highest BCUT2D eigenvalue weighted by Gasteiger charge is 2.28. The van der Waals surface area contributed by atoms with Gasteiger partial charge in [-0.15, -0.1) is 0 Å². The molecule has 0 fully saturated rings. The molecule has 0 aliphatic heterocycles. The second kappa shape index (κ2) is 23.3. The SMILES string of the molecule is COc1cc(/C=C/C(=O)CC(=O)/C=C/c2ccc(OC(=O)[C@@H](CCSC)NC(=O)OC(C)(C)C)c(OC)c2)ccc1OC(=O)[C@@H](CCSC)NC(=O)OC(C)(C)C. The van der Waals surface area contributed by atoms with E-state index in [1.807, 2.05) is 12.5 Å². The van der Waals surface area contributed by atoms with Crippen LogP contribution in [0.15, 0.2) is 48.6 Å². The highest BCUT2D eigenvalue weighted by Crippen LogP contribution is 2.30. The molecule has 2 rings (SSSR count). The summed E-state index contributed by atoms with van der Waals surface area (Å²) in [5.41, 5.74) is -0.414. The van der Waals surface area contributed by atoms with E-state index in [9.17, 15) is 28.8 Å². The lowest BCUT2D eigenvalue weighted by Gasteiger charge is -2.23. The van der Waals surface area contributed by atoms with Gasteiger partial charge in [-0.05, 0) is 126 Å². The molecule has 0 spiro atoms. The standard InChI is InChI=1S/C41H54N2O12S2/c1-40(2,3)54-38(48)42-30(19-21-56-9)36(46)52-32-17-13-26(23-34(32)50-7)11-15-28(44)25-29(45)16-12-27-14-18-33(35(24-27)51-8)53-37(47)31(20-22-57-10)43-39(49)55-41(4,5)6/h11-18,23-24,30-31H,19-22,25H2,1-10H3,(H,42,48)(H,43,49)/b15-11+,16-12+/t30-,31-/m1/s1. The minimum Gasteiger partial charge on any atom is -0.493 e. The molecule has 0 saturated heterocycles. The number of hydrogen-bond donors (Lipinski definition) is 2. The molecule has 2 amide bonds. The van der Waals surface area contributed by atoms with E-state index in [2.05, 4.69) is 10.6 Å². The molecule has 2 aromatic rings. The largest absolute Gasteiger partial charge is 0.493 e. The van der Waals surface area contributed by atoms with Crippen molar-refractivity contribution in [1.82, 2.24) is 10.6 Å². The topological polar surface area (TPSA) is 182 Å². The molecule has 0 saturated carbocycles. The van der Waals surface area contributed by atoms with Gasteiger partial charge in [0.2, 0.25) is 0 Å². The van der Waals surface area contributed by atoms with Gasteiger partial charge in [-0.1, -0.05) is 24.3 Å². The van der Waals surface area contributed by atoms with Gasteiger partial charge in [0.05, 0.1) is 20.6 Å². The Balaban J connectivity index is 2.05. The molecule has 57 heavy (non-hydrogen) atoms. The molecule has 2 aromatic carbocycles. The first-order valence-corrected chi connectivity index (χ1v) is 20.7. The number of thioether (sulfide) groups is 2. The Kier molecular flexibility index (Phi) is 19.7. The number of allylic oxidation sites excluding steroid dienone is 2. The van der Waals surface area contributed by atoms with Crippen molar-refractivity contribution in [1.29, 1.82) is 0 Å². The van der Waals surface area contributed by atoms with Crippen LogP contribution in [0.1, 0.15) is 71.9 Å². The number of benzene rings is 2. The van der Waals surface area contributed by atoms with E-state index in [1.165, 1.54) is 74.2 Å². The molecular weight excluding hydrogens is 777 g/mol. The highest BCUT2D eigenvalue weighted by molar-refractivity contribution is 7.98. The molecule has 0 radical (unpaired) electrons. The average molecular weight is 831 g/mol. The summed E-state index contributed by atoms with van der Waals surface area (Å²) in [6.45, 7) is 10.3. The molecule has 0 bridgehead atoms. The molecule has 0 aliphatic rings. The van der Waals surface area contributed by atoms with E-state index in [1.54, 1.807) is 65.8 Å². The fourth-order valence-electron chi connectivity index (χ4n) is 4.64. The van der Waals surface area contributed by atoms with Gasteiger partial charge in [-0.3, -0.25) is 9.59 Å². The second-order valence-corrected chi connectivity index (χ2v) is 16.4. The number of alkyl carbamates (subject to hydrolysis) is 2. The summed E-state index contributed by atoms with van der Waals surface area (Å²) >= 11 is 3.02. The van der Waals surface area contributed by atoms with Crippen LogP contribution in [0.3, 0.4) is 0 Å². The Morgan fingerprint density at radius 2 is 0.982 bits per heavy atom. The summed E-state index contributed by atoms with van der Waals surface area (Å²) in [6.07, 6.45) is 8.00. The predicted molar refractivity (Wildman–Crippen MR) is 222 cm³/mol. The maximum Gasteiger partial charge on any atom is 0.408 e. The number of amides is 2. The zero-order valence-electron chi connectivity index (χ0n) is 34.2. The second-order valence-electron chi connectivity index (χ2n) is 14.4. The summed E-state index contributed by atoms with van der Waals surface area (Å²) in [6, 6.07) is 7.39. The van der Waals surface area contributed by atoms with Crippen molar-refractivity contribution in [3.05, 3.63) is 59.7 Å². The third-order valence-corrected chi connectivity index (χ3v) is 8.53. The van der Waals surface area contributed by atoms with Crippen molar-refractivity contribution in [3.8, 4) is 23.0 Å². The first kappa shape index (κ1) is 48.2. The van der Waals surface area contributed by atoms with Crippen LogP contribution in [0, 0.1) is 0 Å². The van der Waals surface area contributed by atoms with Gasteiger partial charge in [-0.2, -0.15) is 23.5 Å². The number of methoxy groups -OCH3 is 2. The van der Waals surface area contributed by atoms with Crippen LogP contribution in [-0.2, 0) is 28.7 Å². The number of carbonyl (C=O) groups is 6. The Hall–Kier alpha value is -4.96. The Morgan fingerprint density at radius 3 is 1.30 bits per heavy atom. The van der Waals surface area contributed by atoms with Crippen LogP contribution in [0.2, 0.25) is 0 Å². The van der Waals surface area contributed by atoms with Crippen molar-refractivity contribution in [2.75, 3.05) is 38.2 Å². The monoisotopic (exact) mass is 830 g/mol. The normalized spacial score (nSPS) is 12.7. The summed E-state index contributed by atoms with van der Waals surface area (Å²) in [5.74, 6) is -0.501. The van der Waals surface area contributed by atoms with Crippen LogP contribution in [0.4, 0.5) is 9.59 Å². The van der Waals surface area contributed by atoms with Crippen molar-refractivity contribution in [2.45, 2.75) is 84.1 Å². The molecular formula is C41H54N2O12S2. The predicted octanol–water partition coefficient (Wildman–Crippen LogP) is 7.06. The molecule has 0 aromatic heterocycles. The minimum absolute atomic E-state index is 0.111. The fraction of sp³-hybridized carbons (Fsp3) is 0.463. The smallest absolute Gasteiger partial charge is 0.408 e. The first-order chi connectivity index (χ1) is 26.8. The molecule has 16 heteroatoms. The van der Waals surface area contributed by atoms with Gasteiger partial charge in [-0.25, -0.2) is 19.2 Å². The zero-order valence-corrected chi connectivity index (χ0v) is 35.8. The average Bonchev–Trinajstić information content (AvgIpc) is 3.12. The van der Waals surface area contributed by atoms with Gasteiger partial charge >= 0.3 is 24.1 Å². The van der Waals surface area contributed by atoms with Crippen LogP contribution >= 0.6 is 23.5 Å². The van der Waals surface area contributed by atoms with Crippen molar-refractivity contribution < 1.29 is 57.2 Å². The highest BCUT2D eigenvalue weighted by atomic mass is 32.2.